The maximum Gasteiger partial charge on any atom is 0.182 e. The predicted molar refractivity (Wildman–Crippen MR) is 105 cm³/mol. The highest BCUT2D eigenvalue weighted by molar-refractivity contribution is 6.32. The van der Waals surface area contributed by atoms with Gasteiger partial charge in [-0.1, -0.05) is 23.7 Å². The highest BCUT2D eigenvalue weighted by Gasteiger charge is 2.20. The standard InChI is InChI=1S/C20H15ClN6/c1-12-13(2)27(16-6-4-3-5-15(16)21)19-17(12)20-24-18(25-26(20)11-23-19)14-7-9-22-10-8-14/h3-11H,1-2H3. The lowest BCUT2D eigenvalue weighted by Gasteiger charge is -2.09. The van der Waals surface area contributed by atoms with Crippen LogP contribution < -0.4 is 0 Å². The van der Waals surface area contributed by atoms with Crippen LogP contribution in [-0.2, 0) is 0 Å². The van der Waals surface area contributed by atoms with E-state index in [0.717, 1.165) is 39.2 Å². The van der Waals surface area contributed by atoms with Crippen LogP contribution >= 0.6 is 11.6 Å². The molecule has 6 nitrogen and oxygen atoms in total. The van der Waals surface area contributed by atoms with Gasteiger partial charge in [0.2, 0.25) is 0 Å². The lowest BCUT2D eigenvalue weighted by atomic mass is 10.2. The molecule has 0 amide bonds. The first-order valence-corrected chi connectivity index (χ1v) is 8.91. The van der Waals surface area contributed by atoms with Gasteiger partial charge in [-0.05, 0) is 43.7 Å². The second-order valence-electron chi connectivity index (χ2n) is 6.38. The Morgan fingerprint density at radius 3 is 2.52 bits per heavy atom. The van der Waals surface area contributed by atoms with Crippen LogP contribution in [0.4, 0.5) is 0 Å². The van der Waals surface area contributed by atoms with Crippen LogP contribution in [0.3, 0.4) is 0 Å². The number of benzene rings is 1. The van der Waals surface area contributed by atoms with E-state index in [1.54, 1.807) is 23.2 Å². The van der Waals surface area contributed by atoms with Crippen molar-refractivity contribution < 1.29 is 0 Å². The van der Waals surface area contributed by atoms with Crippen molar-refractivity contribution in [1.82, 2.24) is 29.1 Å². The van der Waals surface area contributed by atoms with Crippen LogP contribution in [-0.4, -0.2) is 29.1 Å². The first-order valence-electron chi connectivity index (χ1n) is 8.53. The van der Waals surface area contributed by atoms with E-state index in [9.17, 15) is 0 Å². The summed E-state index contributed by atoms with van der Waals surface area (Å²) in [5.41, 5.74) is 5.60. The summed E-state index contributed by atoms with van der Waals surface area (Å²) in [6.45, 7) is 4.14. The minimum atomic E-state index is 0.647. The number of pyridine rings is 1. The Morgan fingerprint density at radius 2 is 1.74 bits per heavy atom. The molecular formula is C20H15ClN6. The molecule has 0 N–H and O–H groups in total. The molecule has 0 fully saturated rings. The van der Waals surface area contributed by atoms with Crippen LogP contribution in [0.1, 0.15) is 11.3 Å². The Bertz CT molecular complexity index is 1300. The van der Waals surface area contributed by atoms with Gasteiger partial charge in [-0.2, -0.15) is 0 Å². The smallest absolute Gasteiger partial charge is 0.182 e. The highest BCUT2D eigenvalue weighted by atomic mass is 35.5. The zero-order valence-corrected chi connectivity index (χ0v) is 15.5. The number of fused-ring (bicyclic) bond motifs is 3. The zero-order chi connectivity index (χ0) is 18.5. The van der Waals surface area contributed by atoms with E-state index in [1.807, 2.05) is 36.4 Å². The molecule has 0 aliphatic heterocycles. The van der Waals surface area contributed by atoms with Crippen LogP contribution in [0.2, 0.25) is 5.02 Å². The fourth-order valence-electron chi connectivity index (χ4n) is 3.41. The third-order valence-corrected chi connectivity index (χ3v) is 5.18. The summed E-state index contributed by atoms with van der Waals surface area (Å²) < 4.78 is 3.80. The number of hydrogen-bond donors (Lipinski definition) is 0. The molecule has 0 bridgehead atoms. The molecule has 4 aromatic heterocycles. The van der Waals surface area contributed by atoms with Gasteiger partial charge < -0.3 is 0 Å². The molecule has 0 saturated heterocycles. The van der Waals surface area contributed by atoms with Crippen LogP contribution in [0.25, 0.3) is 33.8 Å². The summed E-state index contributed by atoms with van der Waals surface area (Å²) in [6, 6.07) is 11.6. The SMILES string of the molecule is Cc1c(C)n(-c2ccccc2Cl)c2ncn3nc(-c4ccncc4)nc3c12. The molecule has 0 unspecified atom stereocenters. The average molecular weight is 375 g/mol. The van der Waals surface area contributed by atoms with E-state index < -0.39 is 0 Å². The third kappa shape index (κ3) is 2.34. The molecule has 5 rings (SSSR count). The molecule has 7 heteroatoms. The molecule has 4 heterocycles. The van der Waals surface area contributed by atoms with Crippen LogP contribution in [0, 0.1) is 13.8 Å². The second-order valence-corrected chi connectivity index (χ2v) is 6.79. The molecule has 132 valence electrons. The maximum absolute atomic E-state index is 6.46. The van der Waals surface area contributed by atoms with E-state index in [1.165, 1.54) is 0 Å². The molecule has 5 aromatic rings. The molecule has 1 aromatic carbocycles. The van der Waals surface area contributed by atoms with E-state index in [4.69, 9.17) is 16.6 Å². The van der Waals surface area contributed by atoms with Crippen molar-refractivity contribution in [2.45, 2.75) is 13.8 Å². The highest BCUT2D eigenvalue weighted by Crippen LogP contribution is 2.32. The number of aryl methyl sites for hydroxylation is 1. The van der Waals surface area contributed by atoms with Crippen molar-refractivity contribution in [2.24, 2.45) is 0 Å². The zero-order valence-electron chi connectivity index (χ0n) is 14.8. The second kappa shape index (κ2) is 5.89. The minimum absolute atomic E-state index is 0.647. The number of halogens is 1. The van der Waals surface area contributed by atoms with E-state index >= 15 is 0 Å². The van der Waals surface area contributed by atoms with Crippen molar-refractivity contribution in [3.05, 3.63) is 71.4 Å². The van der Waals surface area contributed by atoms with E-state index in [0.29, 0.717) is 10.8 Å². The molecule has 0 atom stereocenters. The van der Waals surface area contributed by atoms with Gasteiger partial charge in [0.25, 0.3) is 0 Å². The monoisotopic (exact) mass is 374 g/mol. The van der Waals surface area contributed by atoms with Gasteiger partial charge in [-0.25, -0.2) is 14.5 Å². The number of aromatic nitrogens is 6. The van der Waals surface area contributed by atoms with Crippen molar-refractivity contribution in [3.8, 4) is 17.1 Å². The summed E-state index contributed by atoms with van der Waals surface area (Å²) in [6.07, 6.45) is 5.16. The van der Waals surface area contributed by atoms with Crippen LogP contribution in [0.5, 0.6) is 0 Å². The number of nitrogens with zero attached hydrogens (tertiary/aromatic N) is 6. The molecule has 0 saturated carbocycles. The largest absolute Gasteiger partial charge is 0.297 e. The van der Waals surface area contributed by atoms with Crippen LogP contribution in [0.15, 0.2) is 55.1 Å². The summed E-state index contributed by atoms with van der Waals surface area (Å²) in [5.74, 6) is 0.647. The van der Waals surface area contributed by atoms with Crippen molar-refractivity contribution in [1.29, 1.82) is 0 Å². The Morgan fingerprint density at radius 1 is 0.963 bits per heavy atom. The van der Waals surface area contributed by atoms with Gasteiger partial charge in [-0.3, -0.25) is 9.55 Å². The Labute approximate surface area is 160 Å². The minimum Gasteiger partial charge on any atom is -0.297 e. The quantitative estimate of drug-likeness (QED) is 0.459. The van der Waals surface area contributed by atoms with Gasteiger partial charge in [0, 0.05) is 23.7 Å². The predicted octanol–water partition coefficient (Wildman–Crippen LogP) is 4.40. The number of hydrogen-bond acceptors (Lipinski definition) is 4. The Hall–Kier alpha value is -3.25. The summed E-state index contributed by atoms with van der Waals surface area (Å²) in [5, 5.41) is 6.24. The van der Waals surface area contributed by atoms with Gasteiger partial charge in [-0.15, -0.1) is 5.10 Å². The van der Waals surface area contributed by atoms with Gasteiger partial charge in [0.1, 0.15) is 6.33 Å². The van der Waals surface area contributed by atoms with E-state index in [2.05, 4.69) is 33.5 Å². The molecule has 0 spiro atoms. The van der Waals surface area contributed by atoms with E-state index in [-0.39, 0.29) is 0 Å². The lowest BCUT2D eigenvalue weighted by molar-refractivity contribution is 0.926. The topological polar surface area (TPSA) is 60.9 Å². The summed E-state index contributed by atoms with van der Waals surface area (Å²) in [7, 11) is 0. The number of para-hydroxylation sites is 1. The molecular weight excluding hydrogens is 360 g/mol. The van der Waals surface area contributed by atoms with Gasteiger partial charge in [0.15, 0.2) is 17.1 Å². The fraction of sp³-hybridized carbons (Fsp3) is 0.100. The van der Waals surface area contributed by atoms with Gasteiger partial charge in [0.05, 0.1) is 16.1 Å². The Balaban J connectivity index is 1.84. The molecule has 27 heavy (non-hydrogen) atoms. The summed E-state index contributed by atoms with van der Waals surface area (Å²) in [4.78, 5) is 13.5. The fourth-order valence-corrected chi connectivity index (χ4v) is 3.63. The molecule has 0 aliphatic rings. The van der Waals surface area contributed by atoms with Crippen molar-refractivity contribution in [2.75, 3.05) is 0 Å². The van der Waals surface area contributed by atoms with Gasteiger partial charge >= 0.3 is 0 Å². The average Bonchev–Trinajstić information content (AvgIpc) is 3.23. The Kier molecular flexibility index (Phi) is 3.48. The third-order valence-electron chi connectivity index (χ3n) is 4.86. The molecule has 0 aliphatic carbocycles. The number of rotatable bonds is 2. The van der Waals surface area contributed by atoms with Crippen molar-refractivity contribution >= 4 is 28.3 Å². The first kappa shape index (κ1) is 16.0. The molecule has 0 radical (unpaired) electrons. The summed E-state index contributed by atoms with van der Waals surface area (Å²) >= 11 is 6.46. The maximum atomic E-state index is 6.46. The van der Waals surface area contributed by atoms with Crippen molar-refractivity contribution in [3.63, 3.8) is 0 Å². The normalized spacial score (nSPS) is 11.5. The first-order chi connectivity index (χ1) is 13.1. The lowest BCUT2D eigenvalue weighted by Crippen LogP contribution is -1.99.